The quantitative estimate of drug-likeness (QED) is 0.562. The fraction of sp³-hybridized carbons (Fsp3) is 0.227. The second-order valence-corrected chi connectivity index (χ2v) is 7.25. The van der Waals surface area contributed by atoms with E-state index in [-0.39, 0.29) is 0 Å². The van der Waals surface area contributed by atoms with Crippen LogP contribution in [0.1, 0.15) is 11.4 Å². The molecule has 3 N–H and O–H groups in total. The van der Waals surface area contributed by atoms with Crippen LogP contribution in [0.5, 0.6) is 0 Å². The van der Waals surface area contributed by atoms with Crippen molar-refractivity contribution in [1.82, 2.24) is 19.5 Å². The Morgan fingerprint density at radius 2 is 1.90 bits per heavy atom. The molecule has 0 amide bonds. The van der Waals surface area contributed by atoms with Crippen molar-refractivity contribution in [3.63, 3.8) is 0 Å². The molecule has 0 saturated carbocycles. The number of rotatable bonds is 4. The largest absolute Gasteiger partial charge is 0.383 e. The lowest BCUT2D eigenvalue weighted by Gasteiger charge is -2.21. The molecule has 0 saturated heterocycles. The Morgan fingerprint density at radius 3 is 2.79 bits per heavy atom. The van der Waals surface area contributed by atoms with Crippen molar-refractivity contribution in [2.24, 2.45) is 0 Å². The monoisotopic (exact) mass is 385 g/mol. The topological polar surface area (TPSA) is 84.9 Å². The Balaban J connectivity index is 1.27. The van der Waals surface area contributed by atoms with Crippen molar-refractivity contribution in [2.75, 3.05) is 29.0 Å². The molecule has 3 aromatic heterocycles. The predicted molar refractivity (Wildman–Crippen MR) is 116 cm³/mol. The van der Waals surface area contributed by atoms with Crippen LogP contribution in [0, 0.1) is 0 Å². The number of anilines is 3. The minimum Gasteiger partial charge on any atom is -0.383 e. The number of pyridine rings is 2. The molecule has 0 fully saturated rings. The van der Waals surface area contributed by atoms with Gasteiger partial charge in [-0.2, -0.15) is 0 Å². The van der Waals surface area contributed by atoms with E-state index in [1.807, 2.05) is 30.6 Å². The van der Waals surface area contributed by atoms with Gasteiger partial charge >= 0.3 is 0 Å². The highest BCUT2D eigenvalue weighted by Crippen LogP contribution is 2.26. The van der Waals surface area contributed by atoms with Crippen LogP contribution >= 0.6 is 0 Å². The fourth-order valence-electron chi connectivity index (χ4n) is 3.87. The lowest BCUT2D eigenvalue weighted by Crippen LogP contribution is -2.27. The minimum atomic E-state index is 0.552. The van der Waals surface area contributed by atoms with Crippen LogP contribution in [0.4, 0.5) is 17.3 Å². The van der Waals surface area contributed by atoms with Gasteiger partial charge in [0.25, 0.3) is 0 Å². The number of nitrogens with one attached hydrogen (secondary N) is 1. The van der Waals surface area contributed by atoms with Gasteiger partial charge in [0, 0.05) is 73.8 Å². The summed E-state index contributed by atoms with van der Waals surface area (Å²) >= 11 is 0. The minimum absolute atomic E-state index is 0.552. The summed E-state index contributed by atoms with van der Waals surface area (Å²) in [6.07, 6.45) is 8.57. The third-order valence-electron chi connectivity index (χ3n) is 5.47. The molecular formula is C22H23N7. The zero-order valence-corrected chi connectivity index (χ0v) is 16.1. The number of hydrogen-bond acceptors (Lipinski definition) is 6. The number of fused-ring (bicyclic) bond motifs is 2. The average molecular weight is 385 g/mol. The Kier molecular flexibility index (Phi) is 4.48. The third kappa shape index (κ3) is 3.47. The zero-order chi connectivity index (χ0) is 19.6. The summed E-state index contributed by atoms with van der Waals surface area (Å²) in [6.45, 7) is 3.52. The van der Waals surface area contributed by atoms with Gasteiger partial charge in [-0.3, -0.25) is 0 Å². The summed E-state index contributed by atoms with van der Waals surface area (Å²) in [6, 6.07) is 12.3. The summed E-state index contributed by atoms with van der Waals surface area (Å²) < 4.78 is 2.23. The number of nitrogens with two attached hydrogens (primary N) is 1. The maximum absolute atomic E-state index is 5.99. The van der Waals surface area contributed by atoms with Gasteiger partial charge in [-0.15, -0.1) is 0 Å². The molecule has 0 bridgehead atoms. The van der Waals surface area contributed by atoms with E-state index in [9.17, 15) is 0 Å². The van der Waals surface area contributed by atoms with E-state index in [2.05, 4.69) is 49.1 Å². The Bertz CT molecular complexity index is 1110. The predicted octanol–water partition coefficient (Wildman–Crippen LogP) is 3.08. The molecule has 29 heavy (non-hydrogen) atoms. The van der Waals surface area contributed by atoms with Crippen LogP contribution < -0.4 is 16.0 Å². The molecule has 0 atom stereocenters. The van der Waals surface area contributed by atoms with Gasteiger partial charge in [0.15, 0.2) is 0 Å². The number of hydrogen-bond donors (Lipinski definition) is 2. The molecule has 7 nitrogen and oxygen atoms in total. The first-order chi connectivity index (χ1) is 14.3. The fourth-order valence-corrected chi connectivity index (χ4v) is 3.87. The van der Waals surface area contributed by atoms with Crippen molar-refractivity contribution in [3.05, 3.63) is 72.6 Å². The maximum Gasteiger partial charge on any atom is 0.131 e. The second-order valence-electron chi connectivity index (χ2n) is 7.25. The van der Waals surface area contributed by atoms with E-state index in [0.29, 0.717) is 12.4 Å². The molecule has 5 rings (SSSR count). The van der Waals surface area contributed by atoms with Crippen LogP contribution in [0.2, 0.25) is 0 Å². The van der Waals surface area contributed by atoms with Gasteiger partial charge in [0.1, 0.15) is 17.5 Å². The van der Waals surface area contributed by atoms with Crippen molar-refractivity contribution < 1.29 is 0 Å². The molecule has 146 valence electrons. The smallest absolute Gasteiger partial charge is 0.131 e. The number of nitrogens with zero attached hydrogens (tertiary/aromatic N) is 5. The van der Waals surface area contributed by atoms with Gasteiger partial charge < -0.3 is 20.5 Å². The highest BCUT2D eigenvalue weighted by Gasteiger charge is 2.15. The van der Waals surface area contributed by atoms with Gasteiger partial charge in [-0.1, -0.05) is 18.2 Å². The molecule has 0 aliphatic carbocycles. The van der Waals surface area contributed by atoms with E-state index in [1.165, 1.54) is 0 Å². The van der Waals surface area contributed by atoms with Gasteiger partial charge in [0.2, 0.25) is 0 Å². The Labute approximate surface area is 169 Å². The van der Waals surface area contributed by atoms with Crippen molar-refractivity contribution in [3.8, 4) is 0 Å². The molecule has 1 aromatic carbocycles. The molecule has 4 aromatic rings. The first-order valence-electron chi connectivity index (χ1n) is 9.85. The first kappa shape index (κ1) is 17.5. The Hall–Kier alpha value is -3.61. The summed E-state index contributed by atoms with van der Waals surface area (Å²) in [5.74, 6) is 2.72. The van der Waals surface area contributed by atoms with Crippen LogP contribution in [0.25, 0.3) is 10.8 Å². The summed E-state index contributed by atoms with van der Waals surface area (Å²) in [7, 11) is 0. The normalized spacial score (nSPS) is 13.9. The van der Waals surface area contributed by atoms with Gasteiger partial charge in [0.05, 0.1) is 0 Å². The van der Waals surface area contributed by atoms with Crippen LogP contribution in [-0.4, -0.2) is 32.6 Å². The molecule has 1 aliphatic heterocycles. The maximum atomic E-state index is 5.99. The lowest BCUT2D eigenvalue weighted by molar-refractivity contribution is 0.685. The summed E-state index contributed by atoms with van der Waals surface area (Å²) in [5, 5.41) is 5.54. The molecule has 0 spiro atoms. The standard InChI is InChI=1S/C22H23N7/c23-22-18-2-1-3-19(17(18)6-8-25-22)26-14-16-4-5-20(27-15-16)28-10-7-21-24-9-11-29(21)13-12-28/h1-6,8-9,11,15,26H,7,10,12-14H2,(H2,23,25). The highest BCUT2D eigenvalue weighted by molar-refractivity contribution is 5.99. The van der Waals surface area contributed by atoms with Crippen molar-refractivity contribution in [1.29, 1.82) is 0 Å². The third-order valence-corrected chi connectivity index (χ3v) is 5.47. The van der Waals surface area contributed by atoms with E-state index >= 15 is 0 Å². The number of benzene rings is 1. The van der Waals surface area contributed by atoms with E-state index in [0.717, 1.165) is 59.7 Å². The van der Waals surface area contributed by atoms with E-state index in [1.54, 1.807) is 6.20 Å². The van der Waals surface area contributed by atoms with Crippen molar-refractivity contribution >= 4 is 28.1 Å². The zero-order valence-electron chi connectivity index (χ0n) is 16.1. The molecule has 4 heterocycles. The summed E-state index contributed by atoms with van der Waals surface area (Å²) in [4.78, 5) is 15.6. The van der Waals surface area contributed by atoms with E-state index in [4.69, 9.17) is 10.7 Å². The van der Waals surface area contributed by atoms with Crippen LogP contribution in [-0.2, 0) is 19.5 Å². The Morgan fingerprint density at radius 1 is 0.931 bits per heavy atom. The van der Waals surface area contributed by atoms with Crippen LogP contribution in [0.15, 0.2) is 61.2 Å². The number of nitrogen functional groups attached to an aromatic ring is 1. The molecular weight excluding hydrogens is 362 g/mol. The van der Waals surface area contributed by atoms with Gasteiger partial charge in [-0.05, 0) is 23.8 Å². The van der Waals surface area contributed by atoms with E-state index < -0.39 is 0 Å². The lowest BCUT2D eigenvalue weighted by atomic mass is 10.1. The average Bonchev–Trinajstić information content (AvgIpc) is 3.11. The first-order valence-corrected chi connectivity index (χ1v) is 9.85. The number of imidazole rings is 1. The van der Waals surface area contributed by atoms with Crippen molar-refractivity contribution in [2.45, 2.75) is 19.5 Å². The molecule has 0 unspecified atom stereocenters. The van der Waals surface area contributed by atoms with Crippen LogP contribution in [0.3, 0.4) is 0 Å². The van der Waals surface area contributed by atoms with Gasteiger partial charge in [-0.25, -0.2) is 15.0 Å². The number of aromatic nitrogens is 4. The SMILES string of the molecule is Nc1nccc2c(NCc3ccc(N4CCc5nccn5CC4)nc3)cccc12. The molecule has 1 aliphatic rings. The highest BCUT2D eigenvalue weighted by atomic mass is 15.2. The second kappa shape index (κ2) is 7.43. The molecule has 0 radical (unpaired) electrons. The molecule has 7 heteroatoms. The summed E-state index contributed by atoms with van der Waals surface area (Å²) in [5.41, 5.74) is 8.17.